The molecule has 76 valence electrons. The first-order valence-electron chi connectivity index (χ1n) is 4.75. The monoisotopic (exact) mass is 193 g/mol. The number of nitrogens with zero attached hydrogens (tertiary/aromatic N) is 1. The van der Waals surface area contributed by atoms with Crippen molar-refractivity contribution in [3.8, 4) is 0 Å². The Morgan fingerprint density at radius 2 is 2.21 bits per heavy atom. The summed E-state index contributed by atoms with van der Waals surface area (Å²) in [5, 5.41) is 1.95. The van der Waals surface area contributed by atoms with E-state index < -0.39 is 0 Å². The smallest absolute Gasteiger partial charge is 0.174 e. The van der Waals surface area contributed by atoms with Gasteiger partial charge < -0.3 is 4.42 Å². The van der Waals surface area contributed by atoms with Gasteiger partial charge in [-0.2, -0.15) is 0 Å². The Morgan fingerprint density at radius 1 is 1.43 bits per heavy atom. The lowest BCUT2D eigenvalue weighted by molar-refractivity contribution is 0.101. The van der Waals surface area contributed by atoms with Gasteiger partial charge in [0.1, 0.15) is 5.76 Å². The summed E-state index contributed by atoms with van der Waals surface area (Å²) < 4.78 is 5.17. The highest BCUT2D eigenvalue weighted by atomic mass is 16.8. The average molecular weight is 193 g/mol. The molecular weight excluding hydrogens is 178 g/mol. The fourth-order valence-electron chi connectivity index (χ4n) is 1.31. The van der Waals surface area contributed by atoms with Gasteiger partial charge >= 0.3 is 0 Å². The Morgan fingerprint density at radius 3 is 2.71 bits per heavy atom. The van der Waals surface area contributed by atoms with E-state index in [0.29, 0.717) is 0 Å². The topological polar surface area (TPSA) is 28.7 Å². The SMILES string of the molecule is CC(C)(C)N1OC1/C=C/c1ccco1. The molecule has 0 amide bonds. The minimum atomic E-state index is 0.0676. The van der Waals surface area contributed by atoms with Gasteiger partial charge in [0, 0.05) is 5.54 Å². The summed E-state index contributed by atoms with van der Waals surface area (Å²) in [4.78, 5) is 5.38. The molecule has 0 bridgehead atoms. The van der Waals surface area contributed by atoms with Crippen molar-refractivity contribution >= 4 is 6.08 Å². The highest BCUT2D eigenvalue weighted by Crippen LogP contribution is 2.31. The van der Waals surface area contributed by atoms with E-state index in [2.05, 4.69) is 20.8 Å². The molecule has 1 saturated heterocycles. The van der Waals surface area contributed by atoms with Crippen molar-refractivity contribution in [1.29, 1.82) is 0 Å². The van der Waals surface area contributed by atoms with Crippen LogP contribution in [0, 0.1) is 0 Å². The van der Waals surface area contributed by atoms with E-state index in [-0.39, 0.29) is 11.8 Å². The van der Waals surface area contributed by atoms with Gasteiger partial charge in [-0.1, -0.05) is 0 Å². The third kappa shape index (κ3) is 2.05. The van der Waals surface area contributed by atoms with Crippen molar-refractivity contribution < 1.29 is 9.25 Å². The summed E-state index contributed by atoms with van der Waals surface area (Å²) in [5.74, 6) is 0.856. The predicted octanol–water partition coefficient (Wildman–Crippen LogP) is 2.66. The van der Waals surface area contributed by atoms with E-state index in [4.69, 9.17) is 9.25 Å². The highest BCUT2D eigenvalue weighted by Gasteiger charge is 2.42. The molecule has 2 atom stereocenters. The molecule has 2 rings (SSSR count). The molecule has 1 fully saturated rings. The highest BCUT2D eigenvalue weighted by molar-refractivity contribution is 5.43. The molecule has 1 aliphatic rings. The van der Waals surface area contributed by atoms with Crippen LogP contribution in [0.2, 0.25) is 0 Å². The zero-order chi connectivity index (χ0) is 10.2. The molecule has 2 heterocycles. The van der Waals surface area contributed by atoms with E-state index in [1.54, 1.807) is 6.26 Å². The normalized spacial score (nSPS) is 27.1. The average Bonchev–Trinajstić information content (AvgIpc) is 2.71. The molecule has 0 radical (unpaired) electrons. The van der Waals surface area contributed by atoms with Crippen LogP contribution >= 0.6 is 0 Å². The zero-order valence-electron chi connectivity index (χ0n) is 8.73. The number of hydrogen-bond donors (Lipinski definition) is 0. The number of furan rings is 1. The molecular formula is C11H15NO2. The van der Waals surface area contributed by atoms with E-state index in [9.17, 15) is 0 Å². The fourth-order valence-corrected chi connectivity index (χ4v) is 1.31. The van der Waals surface area contributed by atoms with E-state index in [1.165, 1.54) is 0 Å². The molecule has 0 saturated carbocycles. The lowest BCUT2D eigenvalue weighted by Gasteiger charge is -2.15. The second-order valence-electron chi connectivity index (χ2n) is 4.37. The fraction of sp³-hybridized carbons (Fsp3) is 0.455. The van der Waals surface area contributed by atoms with E-state index in [0.717, 1.165) is 5.76 Å². The maximum absolute atomic E-state index is 5.38. The maximum Gasteiger partial charge on any atom is 0.174 e. The van der Waals surface area contributed by atoms with Gasteiger partial charge in [0.2, 0.25) is 0 Å². The Labute approximate surface area is 83.9 Å². The summed E-state index contributed by atoms with van der Waals surface area (Å²) in [7, 11) is 0. The minimum absolute atomic E-state index is 0.0676. The van der Waals surface area contributed by atoms with Crippen molar-refractivity contribution in [3.63, 3.8) is 0 Å². The van der Waals surface area contributed by atoms with Crippen molar-refractivity contribution in [1.82, 2.24) is 5.06 Å². The second-order valence-corrected chi connectivity index (χ2v) is 4.37. The van der Waals surface area contributed by atoms with Crippen molar-refractivity contribution in [3.05, 3.63) is 30.2 Å². The third-order valence-electron chi connectivity index (χ3n) is 2.04. The Hall–Kier alpha value is -1.06. The molecule has 1 aliphatic heterocycles. The summed E-state index contributed by atoms with van der Waals surface area (Å²) in [5.41, 5.74) is 0.0676. The first-order valence-corrected chi connectivity index (χ1v) is 4.75. The first-order chi connectivity index (χ1) is 6.57. The van der Waals surface area contributed by atoms with Crippen LogP contribution in [0.1, 0.15) is 26.5 Å². The molecule has 0 spiro atoms. The maximum atomic E-state index is 5.38. The van der Waals surface area contributed by atoms with Crippen LogP contribution in [0.25, 0.3) is 6.08 Å². The lowest BCUT2D eigenvalue weighted by Crippen LogP contribution is -2.26. The quantitative estimate of drug-likeness (QED) is 0.676. The Bertz CT molecular complexity index is 322. The van der Waals surface area contributed by atoms with Crippen LogP contribution in [0.4, 0.5) is 0 Å². The zero-order valence-corrected chi connectivity index (χ0v) is 8.73. The molecule has 0 aromatic carbocycles. The standard InChI is InChI=1S/C11H15NO2/c1-11(2,3)12-10(14-12)7-6-9-5-4-8-13-9/h4-8,10H,1-3H3/b7-6+. The van der Waals surface area contributed by atoms with Crippen molar-refractivity contribution in [2.45, 2.75) is 32.5 Å². The lowest BCUT2D eigenvalue weighted by atomic mass is 10.1. The van der Waals surface area contributed by atoms with Gasteiger partial charge in [-0.3, -0.25) is 4.84 Å². The first kappa shape index (κ1) is 9.49. The molecule has 1 aromatic rings. The predicted molar refractivity (Wildman–Crippen MR) is 54.2 cm³/mol. The molecule has 0 aliphatic carbocycles. The minimum Gasteiger partial charge on any atom is -0.465 e. The molecule has 14 heavy (non-hydrogen) atoms. The summed E-state index contributed by atoms with van der Waals surface area (Å²) in [6.45, 7) is 6.36. The number of hydrogen-bond acceptors (Lipinski definition) is 3. The van der Waals surface area contributed by atoms with Crippen LogP contribution in [0.3, 0.4) is 0 Å². The van der Waals surface area contributed by atoms with E-state index in [1.807, 2.05) is 29.3 Å². The van der Waals surface area contributed by atoms with Gasteiger partial charge in [-0.05, 0) is 45.1 Å². The molecule has 3 nitrogen and oxygen atoms in total. The van der Waals surface area contributed by atoms with Gasteiger partial charge in [-0.25, -0.2) is 0 Å². The molecule has 2 unspecified atom stereocenters. The van der Waals surface area contributed by atoms with Crippen LogP contribution in [0.5, 0.6) is 0 Å². The largest absolute Gasteiger partial charge is 0.465 e. The molecule has 3 heteroatoms. The summed E-state index contributed by atoms with van der Waals surface area (Å²) >= 11 is 0. The Kier molecular flexibility index (Phi) is 2.21. The molecule has 0 N–H and O–H groups in total. The van der Waals surface area contributed by atoms with Gasteiger partial charge in [0.25, 0.3) is 0 Å². The van der Waals surface area contributed by atoms with Gasteiger partial charge in [0.15, 0.2) is 6.23 Å². The second kappa shape index (κ2) is 3.26. The third-order valence-corrected chi connectivity index (χ3v) is 2.04. The number of hydroxylamine groups is 2. The van der Waals surface area contributed by atoms with Crippen molar-refractivity contribution in [2.75, 3.05) is 0 Å². The van der Waals surface area contributed by atoms with E-state index >= 15 is 0 Å². The van der Waals surface area contributed by atoms with Crippen LogP contribution in [-0.2, 0) is 4.84 Å². The molecule has 1 aromatic heterocycles. The van der Waals surface area contributed by atoms with Gasteiger partial charge in [0.05, 0.1) is 6.26 Å². The van der Waals surface area contributed by atoms with Crippen LogP contribution in [0.15, 0.2) is 28.9 Å². The number of rotatable bonds is 2. The van der Waals surface area contributed by atoms with Crippen LogP contribution < -0.4 is 0 Å². The van der Waals surface area contributed by atoms with Crippen molar-refractivity contribution in [2.24, 2.45) is 0 Å². The summed E-state index contributed by atoms with van der Waals surface area (Å²) in [6, 6.07) is 3.79. The van der Waals surface area contributed by atoms with Gasteiger partial charge in [-0.15, -0.1) is 5.06 Å². The summed E-state index contributed by atoms with van der Waals surface area (Å²) in [6.07, 6.45) is 5.68. The Balaban J connectivity index is 1.90. The van der Waals surface area contributed by atoms with Crippen LogP contribution in [-0.4, -0.2) is 16.8 Å².